The summed E-state index contributed by atoms with van der Waals surface area (Å²) >= 11 is 2.01. The summed E-state index contributed by atoms with van der Waals surface area (Å²) in [5.41, 5.74) is 3.09. The molecule has 2 heteroatoms. The van der Waals surface area contributed by atoms with Crippen LogP contribution in [-0.2, 0) is 0 Å². The molecule has 0 spiro atoms. The fourth-order valence-corrected chi connectivity index (χ4v) is 4.83. The van der Waals surface area contributed by atoms with Gasteiger partial charge in [-0.3, -0.25) is 0 Å². The smallest absolute Gasteiger partial charge is 0.0339 e. The van der Waals surface area contributed by atoms with Gasteiger partial charge < -0.3 is 5.32 Å². The zero-order valence-corrected chi connectivity index (χ0v) is 13.4. The third kappa shape index (κ3) is 3.29. The molecule has 3 unspecified atom stereocenters. The largest absolute Gasteiger partial charge is 0.310 e. The minimum absolute atomic E-state index is 0.564. The highest BCUT2D eigenvalue weighted by molar-refractivity contribution is 7.99. The van der Waals surface area contributed by atoms with Gasteiger partial charge in [0.1, 0.15) is 0 Å². The second kappa shape index (κ2) is 6.36. The zero-order valence-electron chi connectivity index (χ0n) is 12.6. The molecular weight excluding hydrogens is 262 g/mol. The molecule has 3 atom stereocenters. The van der Waals surface area contributed by atoms with Crippen LogP contribution in [0.2, 0.25) is 0 Å². The van der Waals surface area contributed by atoms with Gasteiger partial charge in [0.2, 0.25) is 0 Å². The van der Waals surface area contributed by atoms with E-state index in [-0.39, 0.29) is 0 Å². The third-order valence-corrected chi connectivity index (χ3v) is 5.62. The lowest BCUT2D eigenvalue weighted by atomic mass is 9.83. The SMILES string of the molecule is CC1=CC(C)CC(CNC2CCSc3ccccc32)C1. The van der Waals surface area contributed by atoms with Crippen LogP contribution >= 0.6 is 11.8 Å². The molecule has 1 heterocycles. The molecule has 1 aromatic carbocycles. The Morgan fingerprint density at radius 3 is 3.00 bits per heavy atom. The van der Waals surface area contributed by atoms with Crippen LogP contribution in [0.3, 0.4) is 0 Å². The van der Waals surface area contributed by atoms with Gasteiger partial charge in [-0.1, -0.05) is 36.8 Å². The average molecular weight is 287 g/mol. The lowest BCUT2D eigenvalue weighted by molar-refractivity contribution is 0.357. The van der Waals surface area contributed by atoms with Crippen LogP contribution in [0.5, 0.6) is 0 Å². The van der Waals surface area contributed by atoms with E-state index in [2.05, 4.69) is 49.5 Å². The van der Waals surface area contributed by atoms with Gasteiger partial charge in [0.25, 0.3) is 0 Å². The predicted molar refractivity (Wildman–Crippen MR) is 88.2 cm³/mol. The fourth-order valence-electron chi connectivity index (χ4n) is 3.70. The minimum Gasteiger partial charge on any atom is -0.310 e. The molecule has 20 heavy (non-hydrogen) atoms. The molecule has 0 amide bonds. The van der Waals surface area contributed by atoms with Crippen LogP contribution in [0.1, 0.15) is 44.7 Å². The van der Waals surface area contributed by atoms with E-state index in [0.29, 0.717) is 6.04 Å². The molecule has 1 aliphatic carbocycles. The first-order valence-corrected chi connectivity index (χ1v) is 8.83. The Balaban J connectivity index is 1.61. The zero-order chi connectivity index (χ0) is 13.9. The summed E-state index contributed by atoms with van der Waals surface area (Å²) in [6, 6.07) is 9.46. The normalized spacial score (nSPS) is 29.7. The molecule has 1 N–H and O–H groups in total. The van der Waals surface area contributed by atoms with Gasteiger partial charge in [0.05, 0.1) is 0 Å². The van der Waals surface area contributed by atoms with Crippen molar-refractivity contribution in [2.24, 2.45) is 11.8 Å². The van der Waals surface area contributed by atoms with Crippen molar-refractivity contribution in [1.82, 2.24) is 5.32 Å². The van der Waals surface area contributed by atoms with Crippen molar-refractivity contribution in [3.63, 3.8) is 0 Å². The van der Waals surface area contributed by atoms with E-state index in [0.717, 1.165) is 11.8 Å². The van der Waals surface area contributed by atoms with E-state index in [4.69, 9.17) is 0 Å². The fraction of sp³-hybridized carbons (Fsp3) is 0.556. The van der Waals surface area contributed by atoms with Crippen molar-refractivity contribution in [3.05, 3.63) is 41.5 Å². The number of hydrogen-bond acceptors (Lipinski definition) is 2. The number of hydrogen-bond donors (Lipinski definition) is 1. The van der Waals surface area contributed by atoms with E-state index >= 15 is 0 Å². The first-order chi connectivity index (χ1) is 9.72. The first-order valence-electron chi connectivity index (χ1n) is 7.85. The van der Waals surface area contributed by atoms with Gasteiger partial charge in [-0.05, 0) is 61.9 Å². The van der Waals surface area contributed by atoms with Crippen molar-refractivity contribution < 1.29 is 0 Å². The summed E-state index contributed by atoms with van der Waals surface area (Å²) in [5.74, 6) is 2.82. The Kier molecular flexibility index (Phi) is 4.52. The molecule has 2 aliphatic rings. The summed E-state index contributed by atoms with van der Waals surface area (Å²) in [4.78, 5) is 1.48. The van der Waals surface area contributed by atoms with E-state index < -0.39 is 0 Å². The molecule has 1 nitrogen and oxygen atoms in total. The van der Waals surface area contributed by atoms with E-state index in [1.165, 1.54) is 42.0 Å². The van der Waals surface area contributed by atoms with Gasteiger partial charge in [-0.25, -0.2) is 0 Å². The van der Waals surface area contributed by atoms with Gasteiger partial charge in [-0.2, -0.15) is 0 Å². The Bertz CT molecular complexity index is 494. The monoisotopic (exact) mass is 287 g/mol. The lowest BCUT2D eigenvalue weighted by Crippen LogP contribution is -2.31. The molecule has 0 radical (unpaired) electrons. The molecule has 0 saturated heterocycles. The molecule has 0 fully saturated rings. The van der Waals surface area contributed by atoms with E-state index in [1.54, 1.807) is 5.57 Å². The first kappa shape index (κ1) is 14.2. The Morgan fingerprint density at radius 1 is 1.30 bits per heavy atom. The number of nitrogens with one attached hydrogen (secondary N) is 1. The quantitative estimate of drug-likeness (QED) is 0.801. The molecular formula is C18H25NS. The maximum Gasteiger partial charge on any atom is 0.0339 e. The third-order valence-electron chi connectivity index (χ3n) is 4.50. The minimum atomic E-state index is 0.564. The van der Waals surface area contributed by atoms with Crippen LogP contribution in [0.4, 0.5) is 0 Å². The Morgan fingerprint density at radius 2 is 2.15 bits per heavy atom. The van der Waals surface area contributed by atoms with Gasteiger partial charge in [-0.15, -0.1) is 11.8 Å². The lowest BCUT2D eigenvalue weighted by Gasteiger charge is -2.30. The van der Waals surface area contributed by atoms with Gasteiger partial charge in [0.15, 0.2) is 0 Å². The van der Waals surface area contributed by atoms with Crippen LogP contribution < -0.4 is 5.32 Å². The van der Waals surface area contributed by atoms with E-state index in [9.17, 15) is 0 Å². The number of allylic oxidation sites excluding steroid dienone is 2. The standard InChI is InChI=1S/C18H25NS/c1-13-9-14(2)11-15(10-13)12-19-17-7-8-20-18-6-4-3-5-16(17)18/h3-6,9,13,15,17,19H,7-8,10-12H2,1-2H3. The van der Waals surface area contributed by atoms with Crippen LogP contribution in [0.25, 0.3) is 0 Å². The molecule has 108 valence electrons. The number of rotatable bonds is 3. The number of fused-ring (bicyclic) bond motifs is 1. The van der Waals surface area contributed by atoms with E-state index in [1.807, 2.05) is 11.8 Å². The maximum atomic E-state index is 3.85. The van der Waals surface area contributed by atoms with Crippen LogP contribution in [0, 0.1) is 11.8 Å². The summed E-state index contributed by atoms with van der Waals surface area (Å²) < 4.78 is 0. The summed E-state index contributed by atoms with van der Waals surface area (Å²) in [6.07, 6.45) is 6.33. The predicted octanol–water partition coefficient (Wildman–Crippen LogP) is 4.81. The molecule has 1 aromatic rings. The van der Waals surface area contributed by atoms with Crippen LogP contribution in [-0.4, -0.2) is 12.3 Å². The highest BCUT2D eigenvalue weighted by Gasteiger charge is 2.23. The number of thioether (sulfide) groups is 1. The molecule has 1 aliphatic heterocycles. The second-order valence-electron chi connectivity index (χ2n) is 6.43. The van der Waals surface area contributed by atoms with Crippen molar-refractivity contribution in [1.29, 1.82) is 0 Å². The second-order valence-corrected chi connectivity index (χ2v) is 7.57. The van der Waals surface area contributed by atoms with Crippen molar-refractivity contribution in [2.75, 3.05) is 12.3 Å². The Hall–Kier alpha value is -0.730. The molecule has 0 aromatic heterocycles. The van der Waals surface area contributed by atoms with Gasteiger partial charge in [0, 0.05) is 10.9 Å². The van der Waals surface area contributed by atoms with Crippen molar-refractivity contribution in [3.8, 4) is 0 Å². The average Bonchev–Trinajstić information content (AvgIpc) is 2.44. The topological polar surface area (TPSA) is 12.0 Å². The highest BCUT2D eigenvalue weighted by Crippen LogP contribution is 2.36. The molecule has 3 rings (SSSR count). The van der Waals surface area contributed by atoms with Crippen molar-refractivity contribution in [2.45, 2.75) is 44.0 Å². The Labute approximate surface area is 127 Å². The summed E-state index contributed by atoms with van der Waals surface area (Å²) in [7, 11) is 0. The summed E-state index contributed by atoms with van der Waals surface area (Å²) in [6.45, 7) is 5.80. The molecule has 0 bridgehead atoms. The van der Waals surface area contributed by atoms with Crippen LogP contribution in [0.15, 0.2) is 40.8 Å². The van der Waals surface area contributed by atoms with Crippen molar-refractivity contribution >= 4 is 11.8 Å². The molecule has 0 saturated carbocycles. The maximum absolute atomic E-state index is 3.85. The summed E-state index contributed by atoms with van der Waals surface area (Å²) in [5, 5.41) is 3.85. The highest BCUT2D eigenvalue weighted by atomic mass is 32.2. The number of benzene rings is 1. The van der Waals surface area contributed by atoms with Gasteiger partial charge >= 0.3 is 0 Å².